The number of nitrogens with zero attached hydrogens (tertiary/aromatic N) is 2. The maximum Gasteiger partial charge on any atom is 0.435 e. The van der Waals surface area contributed by atoms with Crippen LogP contribution in [-0.2, 0) is 22.3 Å². The minimum atomic E-state index is -4.62. The quantitative estimate of drug-likeness (QED) is 0.624. The highest BCUT2D eigenvalue weighted by molar-refractivity contribution is 5.79. The van der Waals surface area contributed by atoms with Crippen LogP contribution in [0.5, 0.6) is 0 Å². The number of carbonyl (C=O) groups excluding carboxylic acids is 1. The monoisotopic (exact) mass is 436 g/mol. The highest BCUT2D eigenvalue weighted by atomic mass is 19.4. The zero-order valence-corrected chi connectivity index (χ0v) is 17.9. The Morgan fingerprint density at radius 1 is 1.10 bits per heavy atom. The molecule has 31 heavy (non-hydrogen) atoms. The van der Waals surface area contributed by atoms with E-state index in [1.165, 1.54) is 0 Å². The Morgan fingerprint density at radius 2 is 1.71 bits per heavy atom. The number of halogens is 3. The van der Waals surface area contributed by atoms with Gasteiger partial charge in [-0.25, -0.2) is 4.68 Å². The lowest BCUT2D eigenvalue weighted by molar-refractivity contribution is -0.158. The van der Waals surface area contributed by atoms with Crippen LogP contribution in [0.1, 0.15) is 69.2 Å². The zero-order chi connectivity index (χ0) is 22.8. The molecular formula is C23H27F3N2O3. The molecule has 1 fully saturated rings. The van der Waals surface area contributed by atoms with E-state index in [0.717, 1.165) is 42.0 Å². The van der Waals surface area contributed by atoms with Gasteiger partial charge in [0.25, 0.3) is 5.56 Å². The fraction of sp³-hybridized carbons (Fsp3) is 0.522. The van der Waals surface area contributed by atoms with Crippen LogP contribution in [0.25, 0.3) is 0 Å². The summed E-state index contributed by atoms with van der Waals surface area (Å²) in [4.78, 5) is 24.9. The number of esters is 1. The molecule has 0 amide bonds. The first kappa shape index (κ1) is 23.0. The molecule has 1 heterocycles. The van der Waals surface area contributed by atoms with Crippen molar-refractivity contribution in [2.45, 2.75) is 70.7 Å². The Kier molecular flexibility index (Phi) is 6.57. The fourth-order valence-corrected chi connectivity index (χ4v) is 3.97. The Hall–Kier alpha value is -2.64. The van der Waals surface area contributed by atoms with Crippen LogP contribution in [0.4, 0.5) is 13.2 Å². The van der Waals surface area contributed by atoms with Gasteiger partial charge >= 0.3 is 12.1 Å². The Balaban J connectivity index is 1.83. The van der Waals surface area contributed by atoms with E-state index in [1.54, 1.807) is 24.3 Å². The minimum absolute atomic E-state index is 0.0937. The molecule has 1 aliphatic carbocycles. The number of benzene rings is 1. The van der Waals surface area contributed by atoms with Gasteiger partial charge in [0.2, 0.25) is 0 Å². The number of ether oxygens (including phenoxy) is 1. The largest absolute Gasteiger partial charge is 0.459 e. The third-order valence-electron chi connectivity index (χ3n) is 5.36. The van der Waals surface area contributed by atoms with E-state index < -0.39 is 23.0 Å². The van der Waals surface area contributed by atoms with Crippen molar-refractivity contribution in [3.63, 3.8) is 0 Å². The van der Waals surface area contributed by atoms with Crippen LogP contribution in [0, 0.1) is 5.92 Å². The zero-order valence-electron chi connectivity index (χ0n) is 17.9. The first-order valence-electron chi connectivity index (χ1n) is 10.4. The van der Waals surface area contributed by atoms with Crippen LogP contribution in [0.15, 0.2) is 41.2 Å². The van der Waals surface area contributed by atoms with Gasteiger partial charge in [-0.15, -0.1) is 0 Å². The molecule has 1 aromatic carbocycles. The number of rotatable bonds is 5. The molecule has 3 rings (SSSR count). The maximum atomic E-state index is 12.9. The fourth-order valence-electron chi connectivity index (χ4n) is 3.97. The molecule has 1 atom stereocenters. The summed E-state index contributed by atoms with van der Waals surface area (Å²) >= 11 is 0. The summed E-state index contributed by atoms with van der Waals surface area (Å²) in [6.45, 7) is 5.40. The second-order valence-electron chi connectivity index (χ2n) is 9.01. The van der Waals surface area contributed by atoms with E-state index in [2.05, 4.69) is 5.10 Å². The van der Waals surface area contributed by atoms with E-state index in [9.17, 15) is 22.8 Å². The van der Waals surface area contributed by atoms with Crippen molar-refractivity contribution >= 4 is 5.97 Å². The molecule has 1 aliphatic rings. The molecule has 0 spiro atoms. The first-order valence-corrected chi connectivity index (χ1v) is 10.4. The van der Waals surface area contributed by atoms with E-state index in [-0.39, 0.29) is 24.3 Å². The summed E-state index contributed by atoms with van der Waals surface area (Å²) in [5.74, 6) is -0.443. The summed E-state index contributed by atoms with van der Waals surface area (Å²) in [5, 5.41) is 3.43. The Bertz CT molecular complexity index is 969. The van der Waals surface area contributed by atoms with Gasteiger partial charge in [-0.1, -0.05) is 37.1 Å². The summed E-state index contributed by atoms with van der Waals surface area (Å²) in [5.41, 5.74) is -0.893. The SMILES string of the molecule is CC(C)(C)OC(=O)C(c1ccc(Cn2nc(C(F)(F)F)ccc2=O)cc1)C1CCCC1. The van der Waals surface area contributed by atoms with Crippen LogP contribution < -0.4 is 5.56 Å². The molecule has 0 saturated heterocycles. The standard InChI is InChI=1S/C23H27F3N2O3/c1-22(2,3)31-21(30)20(16-6-4-5-7-16)17-10-8-15(9-11-17)14-28-19(29)13-12-18(27-28)23(24,25)26/h8-13,16,20H,4-7,14H2,1-3H3. The molecule has 168 valence electrons. The molecule has 8 heteroatoms. The highest BCUT2D eigenvalue weighted by Gasteiger charge is 2.35. The lowest BCUT2D eigenvalue weighted by atomic mass is 9.84. The van der Waals surface area contributed by atoms with E-state index in [1.807, 2.05) is 20.8 Å². The summed E-state index contributed by atoms with van der Waals surface area (Å²) in [6, 6.07) is 8.56. The van der Waals surface area contributed by atoms with E-state index >= 15 is 0 Å². The van der Waals surface area contributed by atoms with Gasteiger partial charge in [-0.3, -0.25) is 9.59 Å². The van der Waals surface area contributed by atoms with E-state index in [0.29, 0.717) is 11.6 Å². The molecule has 0 radical (unpaired) electrons. The van der Waals surface area contributed by atoms with Gasteiger partial charge in [0.1, 0.15) is 5.60 Å². The highest BCUT2D eigenvalue weighted by Crippen LogP contribution is 2.39. The molecule has 1 unspecified atom stereocenters. The van der Waals surface area contributed by atoms with Crippen molar-refractivity contribution in [1.29, 1.82) is 0 Å². The summed E-state index contributed by atoms with van der Waals surface area (Å²) in [6.07, 6.45) is -0.565. The molecule has 2 aromatic rings. The summed E-state index contributed by atoms with van der Waals surface area (Å²) in [7, 11) is 0. The van der Waals surface area contributed by atoms with Crippen molar-refractivity contribution in [1.82, 2.24) is 9.78 Å². The Morgan fingerprint density at radius 3 is 2.26 bits per heavy atom. The van der Waals surface area contributed by atoms with Gasteiger partial charge in [0, 0.05) is 6.07 Å². The van der Waals surface area contributed by atoms with Crippen molar-refractivity contribution in [3.05, 3.63) is 63.6 Å². The lowest BCUT2D eigenvalue weighted by Gasteiger charge is -2.27. The van der Waals surface area contributed by atoms with Crippen LogP contribution in [-0.4, -0.2) is 21.4 Å². The predicted molar refractivity (Wildman–Crippen MR) is 110 cm³/mol. The number of hydrogen-bond donors (Lipinski definition) is 0. The molecular weight excluding hydrogens is 409 g/mol. The third-order valence-corrected chi connectivity index (χ3v) is 5.36. The molecule has 0 N–H and O–H groups in total. The lowest BCUT2D eigenvalue weighted by Crippen LogP contribution is -2.30. The smallest absolute Gasteiger partial charge is 0.435 e. The van der Waals surface area contributed by atoms with Crippen molar-refractivity contribution in [3.8, 4) is 0 Å². The average Bonchev–Trinajstić information content (AvgIpc) is 3.17. The van der Waals surface area contributed by atoms with Crippen molar-refractivity contribution < 1.29 is 22.7 Å². The second kappa shape index (κ2) is 8.85. The predicted octanol–water partition coefficient (Wildman–Crippen LogP) is 4.93. The normalized spacial score (nSPS) is 16.3. The van der Waals surface area contributed by atoms with E-state index in [4.69, 9.17) is 4.74 Å². The van der Waals surface area contributed by atoms with Crippen LogP contribution in [0.3, 0.4) is 0 Å². The van der Waals surface area contributed by atoms with Crippen molar-refractivity contribution in [2.24, 2.45) is 5.92 Å². The summed E-state index contributed by atoms with van der Waals surface area (Å²) < 4.78 is 45.1. The Labute approximate surface area is 179 Å². The van der Waals surface area contributed by atoms with Gasteiger partial charge in [0.15, 0.2) is 5.69 Å². The molecule has 0 aliphatic heterocycles. The van der Waals surface area contributed by atoms with Gasteiger partial charge in [-0.2, -0.15) is 18.3 Å². The number of aromatic nitrogens is 2. The second-order valence-corrected chi connectivity index (χ2v) is 9.01. The van der Waals surface area contributed by atoms with Crippen LogP contribution >= 0.6 is 0 Å². The number of hydrogen-bond acceptors (Lipinski definition) is 4. The van der Waals surface area contributed by atoms with Crippen LogP contribution in [0.2, 0.25) is 0 Å². The van der Waals surface area contributed by atoms with Gasteiger partial charge in [-0.05, 0) is 56.7 Å². The molecule has 1 aromatic heterocycles. The van der Waals surface area contributed by atoms with Gasteiger partial charge in [0.05, 0.1) is 12.5 Å². The maximum absolute atomic E-state index is 12.9. The van der Waals surface area contributed by atoms with Gasteiger partial charge < -0.3 is 4.74 Å². The molecule has 0 bridgehead atoms. The van der Waals surface area contributed by atoms with Crippen molar-refractivity contribution in [2.75, 3.05) is 0 Å². The minimum Gasteiger partial charge on any atom is -0.459 e. The first-order chi connectivity index (χ1) is 14.4. The topological polar surface area (TPSA) is 61.2 Å². The third kappa shape index (κ3) is 5.95. The number of carbonyl (C=O) groups is 1. The molecule has 1 saturated carbocycles. The number of alkyl halides is 3. The molecule has 5 nitrogen and oxygen atoms in total. The average molecular weight is 436 g/mol.